The lowest BCUT2D eigenvalue weighted by molar-refractivity contribution is -0.0817. The molecule has 0 aliphatic carbocycles. The first-order chi connectivity index (χ1) is 12.8. The lowest BCUT2D eigenvalue weighted by atomic mass is 10.1. The van der Waals surface area contributed by atoms with Gasteiger partial charge in [-0.1, -0.05) is 12.1 Å². The molecule has 0 radical (unpaired) electrons. The average Bonchev–Trinajstić information content (AvgIpc) is 3.21. The molecule has 1 aromatic carbocycles. The van der Waals surface area contributed by atoms with Gasteiger partial charge in [-0.15, -0.1) is 0 Å². The Kier molecular flexibility index (Phi) is 7.14. The van der Waals surface area contributed by atoms with Crippen LogP contribution in [-0.2, 0) is 16.0 Å². The largest absolute Gasteiger partial charge is 0.494 e. The molecule has 3 rings (SSSR count). The minimum atomic E-state index is 0.136. The van der Waals surface area contributed by atoms with Crippen molar-refractivity contribution < 1.29 is 14.2 Å². The second kappa shape index (κ2) is 9.78. The van der Waals surface area contributed by atoms with Gasteiger partial charge in [0.05, 0.1) is 25.9 Å². The Morgan fingerprint density at radius 3 is 2.92 bits per heavy atom. The van der Waals surface area contributed by atoms with Crippen molar-refractivity contribution in [1.29, 1.82) is 0 Å². The number of hydrogen-bond donors (Lipinski definition) is 1. The average molecular weight is 361 g/mol. The topological polar surface area (TPSA) is 55.3 Å². The lowest BCUT2D eigenvalue weighted by Gasteiger charge is -2.37. The van der Waals surface area contributed by atoms with Crippen LogP contribution in [0.3, 0.4) is 0 Å². The van der Waals surface area contributed by atoms with Crippen LogP contribution in [0.2, 0.25) is 0 Å². The van der Waals surface area contributed by atoms with Gasteiger partial charge in [0.25, 0.3) is 0 Å². The van der Waals surface area contributed by atoms with E-state index in [1.54, 1.807) is 0 Å². The molecule has 0 bridgehead atoms. The van der Waals surface area contributed by atoms with E-state index in [1.807, 2.05) is 19.1 Å². The molecular weight excluding hydrogens is 330 g/mol. The monoisotopic (exact) mass is 361 g/mol. The van der Waals surface area contributed by atoms with E-state index in [0.29, 0.717) is 13.2 Å². The zero-order valence-electron chi connectivity index (χ0n) is 15.9. The van der Waals surface area contributed by atoms with E-state index in [9.17, 15) is 0 Å². The number of aliphatic imine (C=N–C) groups is 1. The third-order valence-electron chi connectivity index (χ3n) is 4.73. The van der Waals surface area contributed by atoms with Gasteiger partial charge in [-0.3, -0.25) is 0 Å². The van der Waals surface area contributed by atoms with E-state index in [1.165, 1.54) is 0 Å². The van der Waals surface area contributed by atoms with Crippen LogP contribution in [0, 0.1) is 0 Å². The van der Waals surface area contributed by atoms with Crippen LogP contribution >= 0.6 is 0 Å². The number of rotatable bonds is 6. The molecule has 2 heterocycles. The molecule has 0 amide bonds. The van der Waals surface area contributed by atoms with Crippen LogP contribution in [-0.4, -0.2) is 62.5 Å². The molecule has 144 valence electrons. The summed E-state index contributed by atoms with van der Waals surface area (Å²) in [5, 5.41) is 3.42. The first-order valence-corrected chi connectivity index (χ1v) is 9.78. The van der Waals surface area contributed by atoms with Crippen LogP contribution in [0.25, 0.3) is 0 Å². The van der Waals surface area contributed by atoms with Crippen molar-refractivity contribution in [3.8, 4) is 5.75 Å². The van der Waals surface area contributed by atoms with E-state index < -0.39 is 0 Å². The molecule has 26 heavy (non-hydrogen) atoms. The molecule has 0 saturated carbocycles. The van der Waals surface area contributed by atoms with Crippen LogP contribution < -0.4 is 10.1 Å². The molecular formula is C20H31N3O3. The SMILES string of the molecule is CCNC(=NCc1cccc(OCC)c1)N1CCOC(C2CCCO2)C1. The van der Waals surface area contributed by atoms with Gasteiger partial charge in [-0.2, -0.15) is 0 Å². The summed E-state index contributed by atoms with van der Waals surface area (Å²) < 4.78 is 17.4. The molecule has 2 aliphatic heterocycles. The van der Waals surface area contributed by atoms with Crippen molar-refractivity contribution >= 4 is 5.96 Å². The van der Waals surface area contributed by atoms with Gasteiger partial charge >= 0.3 is 0 Å². The third-order valence-corrected chi connectivity index (χ3v) is 4.73. The van der Waals surface area contributed by atoms with Crippen LogP contribution in [0.15, 0.2) is 29.3 Å². The van der Waals surface area contributed by atoms with Crippen molar-refractivity contribution in [2.75, 3.05) is 39.5 Å². The fourth-order valence-corrected chi connectivity index (χ4v) is 3.48. The van der Waals surface area contributed by atoms with Crippen molar-refractivity contribution in [2.24, 2.45) is 4.99 Å². The van der Waals surface area contributed by atoms with Crippen molar-refractivity contribution in [3.63, 3.8) is 0 Å². The molecule has 2 saturated heterocycles. The zero-order chi connectivity index (χ0) is 18.2. The third kappa shape index (κ3) is 5.11. The first-order valence-electron chi connectivity index (χ1n) is 9.78. The smallest absolute Gasteiger partial charge is 0.194 e. The van der Waals surface area contributed by atoms with Crippen molar-refractivity contribution in [2.45, 2.75) is 45.4 Å². The Hall–Kier alpha value is -1.79. The summed E-state index contributed by atoms with van der Waals surface area (Å²) in [6.45, 7) is 9.51. The molecule has 1 aromatic rings. The predicted molar refractivity (Wildman–Crippen MR) is 103 cm³/mol. The fraction of sp³-hybridized carbons (Fsp3) is 0.650. The number of hydrogen-bond acceptors (Lipinski definition) is 4. The zero-order valence-corrected chi connectivity index (χ0v) is 15.9. The maximum Gasteiger partial charge on any atom is 0.194 e. The van der Waals surface area contributed by atoms with Crippen LogP contribution in [0.5, 0.6) is 5.75 Å². The summed E-state index contributed by atoms with van der Waals surface area (Å²) in [5.41, 5.74) is 1.15. The second-order valence-electron chi connectivity index (χ2n) is 6.66. The van der Waals surface area contributed by atoms with Gasteiger partial charge in [0, 0.05) is 26.2 Å². The number of nitrogens with one attached hydrogen (secondary N) is 1. The number of ether oxygens (including phenoxy) is 3. The summed E-state index contributed by atoms with van der Waals surface area (Å²) >= 11 is 0. The fourth-order valence-electron chi connectivity index (χ4n) is 3.48. The van der Waals surface area contributed by atoms with E-state index >= 15 is 0 Å². The highest BCUT2D eigenvalue weighted by molar-refractivity contribution is 5.80. The second-order valence-corrected chi connectivity index (χ2v) is 6.66. The standard InChI is InChI=1S/C20H31N3O3/c1-3-21-20(22-14-16-7-5-8-17(13-16)24-4-2)23-10-12-26-19(15-23)18-9-6-11-25-18/h5,7-8,13,18-19H,3-4,6,9-12,14-15H2,1-2H3,(H,21,22). The molecule has 1 N–H and O–H groups in total. The number of guanidine groups is 1. The van der Waals surface area contributed by atoms with Gasteiger partial charge in [-0.05, 0) is 44.4 Å². The highest BCUT2D eigenvalue weighted by Crippen LogP contribution is 2.21. The Labute approximate surface area is 156 Å². The maximum atomic E-state index is 5.96. The van der Waals surface area contributed by atoms with E-state index in [-0.39, 0.29) is 12.2 Å². The van der Waals surface area contributed by atoms with Crippen LogP contribution in [0.1, 0.15) is 32.3 Å². The van der Waals surface area contributed by atoms with Crippen molar-refractivity contribution in [1.82, 2.24) is 10.2 Å². The lowest BCUT2D eigenvalue weighted by Crippen LogP contribution is -2.53. The van der Waals surface area contributed by atoms with Crippen LogP contribution in [0.4, 0.5) is 0 Å². The highest BCUT2D eigenvalue weighted by Gasteiger charge is 2.32. The maximum absolute atomic E-state index is 5.96. The number of benzene rings is 1. The number of nitrogens with zero attached hydrogens (tertiary/aromatic N) is 2. The Bertz CT molecular complexity index is 587. The predicted octanol–water partition coefficient (Wildman–Crippen LogP) is 2.43. The molecule has 2 atom stereocenters. The molecule has 0 spiro atoms. The molecule has 6 heteroatoms. The summed E-state index contributed by atoms with van der Waals surface area (Å²) in [6.07, 6.45) is 2.59. The van der Waals surface area contributed by atoms with Crippen molar-refractivity contribution in [3.05, 3.63) is 29.8 Å². The molecule has 6 nitrogen and oxygen atoms in total. The van der Waals surface area contributed by atoms with E-state index in [4.69, 9.17) is 19.2 Å². The van der Waals surface area contributed by atoms with Gasteiger partial charge in [0.1, 0.15) is 11.9 Å². The summed E-state index contributed by atoms with van der Waals surface area (Å²) in [4.78, 5) is 7.15. The molecule has 2 aliphatic rings. The summed E-state index contributed by atoms with van der Waals surface area (Å²) in [6, 6.07) is 8.15. The van der Waals surface area contributed by atoms with Gasteiger partial charge in [0.15, 0.2) is 5.96 Å². The van der Waals surface area contributed by atoms with Gasteiger partial charge < -0.3 is 24.4 Å². The van der Waals surface area contributed by atoms with E-state index in [0.717, 1.165) is 63.0 Å². The summed E-state index contributed by atoms with van der Waals surface area (Å²) in [7, 11) is 0. The quantitative estimate of drug-likeness (QED) is 0.623. The van der Waals surface area contributed by atoms with E-state index in [2.05, 4.69) is 29.3 Å². The molecule has 2 unspecified atom stereocenters. The first kappa shape index (κ1) is 19.0. The van der Waals surface area contributed by atoms with Gasteiger partial charge in [0.2, 0.25) is 0 Å². The Morgan fingerprint density at radius 1 is 1.27 bits per heavy atom. The number of morpholine rings is 1. The highest BCUT2D eigenvalue weighted by atomic mass is 16.5. The molecule has 2 fully saturated rings. The minimum absolute atomic E-state index is 0.136. The Balaban J connectivity index is 1.65. The Morgan fingerprint density at radius 2 is 2.15 bits per heavy atom. The van der Waals surface area contributed by atoms with Gasteiger partial charge in [-0.25, -0.2) is 4.99 Å². The summed E-state index contributed by atoms with van der Waals surface area (Å²) in [5.74, 6) is 1.84. The normalized spacial score (nSPS) is 23.9. The minimum Gasteiger partial charge on any atom is -0.494 e. The molecule has 0 aromatic heterocycles.